The Kier molecular flexibility index (Phi) is 2.89. The summed E-state index contributed by atoms with van der Waals surface area (Å²) in [6, 6.07) is 7.90. The van der Waals surface area contributed by atoms with Crippen LogP contribution in [0.25, 0.3) is 0 Å². The highest BCUT2D eigenvalue weighted by Gasteiger charge is 1.97. The Labute approximate surface area is 80.2 Å². The summed E-state index contributed by atoms with van der Waals surface area (Å²) < 4.78 is 1.24. The number of aryl methyl sites for hydroxylation is 1. The minimum Gasteiger partial charge on any atom is -0.192 e. The van der Waals surface area contributed by atoms with Gasteiger partial charge in [0.25, 0.3) is 0 Å². The molecule has 0 fully saturated rings. The summed E-state index contributed by atoms with van der Waals surface area (Å²) in [6.07, 6.45) is 0.994. The van der Waals surface area contributed by atoms with Crippen molar-refractivity contribution in [1.82, 2.24) is 0 Å². The van der Waals surface area contributed by atoms with Gasteiger partial charge in [0.15, 0.2) is 0 Å². The van der Waals surface area contributed by atoms with Crippen molar-refractivity contribution in [3.8, 4) is 6.07 Å². The standard InChI is InChI=1S/C9H8IN/c1-2-8-5-7(6-11)3-4-9(8)10/h3-5H,2H2,1H3. The second-order valence-corrected chi connectivity index (χ2v) is 3.43. The predicted molar refractivity (Wildman–Crippen MR) is 53.3 cm³/mol. The van der Waals surface area contributed by atoms with Crippen molar-refractivity contribution >= 4 is 22.6 Å². The Balaban J connectivity index is 3.15. The summed E-state index contributed by atoms with van der Waals surface area (Å²) in [5, 5.41) is 8.60. The fraction of sp³-hybridized carbons (Fsp3) is 0.222. The highest BCUT2D eigenvalue weighted by atomic mass is 127. The molecule has 0 heterocycles. The van der Waals surface area contributed by atoms with E-state index in [1.54, 1.807) is 0 Å². The molecular weight excluding hydrogens is 249 g/mol. The molecule has 0 spiro atoms. The van der Waals surface area contributed by atoms with E-state index in [2.05, 4.69) is 35.6 Å². The maximum absolute atomic E-state index is 8.60. The number of nitriles is 1. The molecule has 1 aromatic rings. The summed E-state index contributed by atoms with van der Waals surface area (Å²) in [7, 11) is 0. The predicted octanol–water partition coefficient (Wildman–Crippen LogP) is 2.73. The molecule has 0 atom stereocenters. The zero-order chi connectivity index (χ0) is 8.27. The van der Waals surface area contributed by atoms with Crippen molar-refractivity contribution < 1.29 is 0 Å². The zero-order valence-corrected chi connectivity index (χ0v) is 8.42. The summed E-state index contributed by atoms with van der Waals surface area (Å²) in [6.45, 7) is 2.10. The van der Waals surface area contributed by atoms with Crippen molar-refractivity contribution in [1.29, 1.82) is 5.26 Å². The SMILES string of the molecule is CCc1cc(C#N)ccc1I. The molecule has 0 aromatic heterocycles. The molecule has 0 radical (unpaired) electrons. The van der Waals surface area contributed by atoms with E-state index in [-0.39, 0.29) is 0 Å². The molecule has 0 aliphatic carbocycles. The second-order valence-electron chi connectivity index (χ2n) is 2.27. The van der Waals surface area contributed by atoms with Gasteiger partial charge in [-0.2, -0.15) is 5.26 Å². The van der Waals surface area contributed by atoms with Crippen LogP contribution in [0.3, 0.4) is 0 Å². The molecule has 56 valence electrons. The molecule has 2 heteroatoms. The molecule has 11 heavy (non-hydrogen) atoms. The molecule has 0 unspecified atom stereocenters. The first-order valence-electron chi connectivity index (χ1n) is 3.46. The van der Waals surface area contributed by atoms with Gasteiger partial charge in [0.05, 0.1) is 11.6 Å². The minimum absolute atomic E-state index is 0.752. The number of hydrogen-bond acceptors (Lipinski definition) is 1. The molecule has 1 aromatic carbocycles. The first kappa shape index (κ1) is 8.54. The van der Waals surface area contributed by atoms with Gasteiger partial charge >= 0.3 is 0 Å². The highest BCUT2D eigenvalue weighted by Crippen LogP contribution is 2.14. The van der Waals surface area contributed by atoms with Crippen LogP contribution in [0.4, 0.5) is 0 Å². The Morgan fingerprint density at radius 1 is 1.55 bits per heavy atom. The van der Waals surface area contributed by atoms with Crippen LogP contribution in [0.2, 0.25) is 0 Å². The summed E-state index contributed by atoms with van der Waals surface area (Å²) in [5.74, 6) is 0. The van der Waals surface area contributed by atoms with Gasteiger partial charge in [-0.15, -0.1) is 0 Å². The Morgan fingerprint density at radius 2 is 2.27 bits per heavy atom. The zero-order valence-electron chi connectivity index (χ0n) is 6.26. The van der Waals surface area contributed by atoms with Crippen molar-refractivity contribution in [3.63, 3.8) is 0 Å². The van der Waals surface area contributed by atoms with Crippen molar-refractivity contribution in [2.45, 2.75) is 13.3 Å². The molecule has 0 N–H and O–H groups in total. The topological polar surface area (TPSA) is 23.8 Å². The van der Waals surface area contributed by atoms with Gasteiger partial charge in [-0.25, -0.2) is 0 Å². The van der Waals surface area contributed by atoms with Crippen molar-refractivity contribution in [3.05, 3.63) is 32.9 Å². The van der Waals surface area contributed by atoms with Crippen molar-refractivity contribution in [2.75, 3.05) is 0 Å². The average Bonchev–Trinajstić information content (AvgIpc) is 2.05. The van der Waals surface area contributed by atoms with Crippen LogP contribution in [0, 0.1) is 14.9 Å². The normalized spacial score (nSPS) is 9.18. The van der Waals surface area contributed by atoms with Gasteiger partial charge in [0.2, 0.25) is 0 Å². The van der Waals surface area contributed by atoms with E-state index in [1.165, 1.54) is 9.13 Å². The van der Waals surface area contributed by atoms with E-state index in [0.29, 0.717) is 0 Å². The summed E-state index contributed by atoms with van der Waals surface area (Å²) >= 11 is 2.28. The number of hydrogen-bond donors (Lipinski definition) is 0. The van der Waals surface area contributed by atoms with E-state index in [0.717, 1.165) is 12.0 Å². The van der Waals surface area contributed by atoms with E-state index in [9.17, 15) is 0 Å². The molecule has 1 rings (SSSR count). The van der Waals surface area contributed by atoms with E-state index in [4.69, 9.17) is 5.26 Å². The van der Waals surface area contributed by atoms with Gasteiger partial charge in [-0.05, 0) is 52.8 Å². The molecule has 0 bridgehead atoms. The van der Waals surface area contributed by atoms with Crippen LogP contribution in [0.5, 0.6) is 0 Å². The number of nitrogens with zero attached hydrogens (tertiary/aromatic N) is 1. The monoisotopic (exact) mass is 257 g/mol. The Hall–Kier alpha value is -0.560. The molecular formula is C9H8IN. The fourth-order valence-electron chi connectivity index (χ4n) is 0.915. The Bertz CT molecular complexity index is 299. The summed E-state index contributed by atoms with van der Waals surface area (Å²) in [5.41, 5.74) is 2.01. The Morgan fingerprint density at radius 3 is 2.82 bits per heavy atom. The lowest BCUT2D eigenvalue weighted by molar-refractivity contribution is 1.12. The third-order valence-electron chi connectivity index (χ3n) is 1.56. The third-order valence-corrected chi connectivity index (χ3v) is 2.61. The maximum atomic E-state index is 8.60. The molecule has 1 nitrogen and oxygen atoms in total. The third kappa shape index (κ3) is 1.93. The molecule has 0 aliphatic rings. The number of benzene rings is 1. The molecule has 0 aliphatic heterocycles. The largest absolute Gasteiger partial charge is 0.192 e. The lowest BCUT2D eigenvalue weighted by atomic mass is 10.1. The van der Waals surface area contributed by atoms with Crippen LogP contribution < -0.4 is 0 Å². The molecule has 0 saturated heterocycles. The first-order valence-corrected chi connectivity index (χ1v) is 4.54. The number of halogens is 1. The van der Waals surface area contributed by atoms with E-state index in [1.807, 2.05) is 18.2 Å². The second kappa shape index (κ2) is 3.72. The highest BCUT2D eigenvalue weighted by molar-refractivity contribution is 14.1. The first-order chi connectivity index (χ1) is 5.27. The lowest BCUT2D eigenvalue weighted by Gasteiger charge is -1.99. The van der Waals surface area contributed by atoms with Gasteiger partial charge in [0.1, 0.15) is 0 Å². The fourth-order valence-corrected chi connectivity index (χ4v) is 1.63. The minimum atomic E-state index is 0.752. The van der Waals surface area contributed by atoms with Gasteiger partial charge < -0.3 is 0 Å². The van der Waals surface area contributed by atoms with Crippen LogP contribution >= 0.6 is 22.6 Å². The summed E-state index contributed by atoms with van der Waals surface area (Å²) in [4.78, 5) is 0. The van der Waals surface area contributed by atoms with Gasteiger partial charge in [-0.3, -0.25) is 0 Å². The van der Waals surface area contributed by atoms with E-state index >= 15 is 0 Å². The van der Waals surface area contributed by atoms with E-state index < -0.39 is 0 Å². The molecule has 0 amide bonds. The maximum Gasteiger partial charge on any atom is 0.0991 e. The average molecular weight is 257 g/mol. The lowest BCUT2D eigenvalue weighted by Crippen LogP contribution is -1.86. The smallest absolute Gasteiger partial charge is 0.0991 e. The van der Waals surface area contributed by atoms with Crippen LogP contribution in [-0.4, -0.2) is 0 Å². The van der Waals surface area contributed by atoms with Gasteiger partial charge in [-0.1, -0.05) is 6.92 Å². The quantitative estimate of drug-likeness (QED) is 0.709. The van der Waals surface area contributed by atoms with Crippen LogP contribution in [-0.2, 0) is 6.42 Å². The number of rotatable bonds is 1. The van der Waals surface area contributed by atoms with Crippen molar-refractivity contribution in [2.24, 2.45) is 0 Å². The van der Waals surface area contributed by atoms with Crippen LogP contribution in [0.15, 0.2) is 18.2 Å². The van der Waals surface area contributed by atoms with Gasteiger partial charge in [0, 0.05) is 3.57 Å². The van der Waals surface area contributed by atoms with Crippen LogP contribution in [0.1, 0.15) is 18.1 Å². The molecule has 0 saturated carbocycles.